The van der Waals surface area contributed by atoms with Crippen molar-refractivity contribution in [3.63, 3.8) is 0 Å². The van der Waals surface area contributed by atoms with Crippen LogP contribution in [-0.4, -0.2) is 31.7 Å². The van der Waals surface area contributed by atoms with E-state index in [9.17, 15) is 9.59 Å². The normalized spacial score (nSPS) is 19.5. The Kier molecular flexibility index (Phi) is 5.43. The average Bonchev–Trinajstić information content (AvgIpc) is 2.73. The van der Waals surface area contributed by atoms with Crippen molar-refractivity contribution in [2.24, 2.45) is 7.05 Å². The van der Waals surface area contributed by atoms with Gasteiger partial charge in [-0.1, -0.05) is 30.0 Å². The smallest absolute Gasteiger partial charge is 0.263 e. The number of rotatable bonds is 4. The molecule has 144 valence electrons. The maximum atomic E-state index is 12.8. The Morgan fingerprint density at radius 3 is 2.57 bits per heavy atom. The van der Waals surface area contributed by atoms with Crippen molar-refractivity contribution >= 4 is 28.6 Å². The van der Waals surface area contributed by atoms with Crippen molar-refractivity contribution in [1.29, 1.82) is 0 Å². The van der Waals surface area contributed by atoms with Gasteiger partial charge in [-0.15, -0.1) is 0 Å². The monoisotopic (exact) mass is 394 g/mol. The summed E-state index contributed by atoms with van der Waals surface area (Å²) < 4.78 is 1.54. The van der Waals surface area contributed by atoms with E-state index in [1.807, 2.05) is 30.3 Å². The number of fused-ring (bicyclic) bond motifs is 1. The van der Waals surface area contributed by atoms with E-state index >= 15 is 0 Å². The molecule has 0 unspecified atom stereocenters. The van der Waals surface area contributed by atoms with Gasteiger partial charge in [-0.2, -0.15) is 0 Å². The first-order valence-electron chi connectivity index (χ1n) is 9.45. The second-order valence-electron chi connectivity index (χ2n) is 7.08. The molecule has 6 nitrogen and oxygen atoms in total. The van der Waals surface area contributed by atoms with E-state index < -0.39 is 0 Å². The van der Waals surface area contributed by atoms with Gasteiger partial charge < -0.3 is 9.88 Å². The number of carbonyl (C=O) groups excluding carboxylic acids is 1. The largest absolute Gasteiger partial charge is 0.349 e. The van der Waals surface area contributed by atoms with Gasteiger partial charge in [-0.25, -0.2) is 9.97 Å². The fourth-order valence-corrected chi connectivity index (χ4v) is 4.72. The number of nitrogens with zero attached hydrogens (tertiary/aromatic N) is 3. The average molecular weight is 395 g/mol. The van der Waals surface area contributed by atoms with Crippen molar-refractivity contribution < 1.29 is 4.79 Å². The molecule has 0 spiro atoms. The molecule has 1 saturated carbocycles. The van der Waals surface area contributed by atoms with E-state index in [1.54, 1.807) is 37.3 Å². The molecule has 1 amide bonds. The molecule has 2 aromatic heterocycles. The first-order chi connectivity index (χ1) is 13.6. The van der Waals surface area contributed by atoms with Crippen molar-refractivity contribution in [3.05, 3.63) is 64.7 Å². The van der Waals surface area contributed by atoms with Gasteiger partial charge in [0.15, 0.2) is 5.16 Å². The minimum atomic E-state index is -0.283. The fraction of sp³-hybridized carbons (Fsp3) is 0.333. The number of nitrogens with one attached hydrogen (secondary N) is 1. The summed E-state index contributed by atoms with van der Waals surface area (Å²) in [6, 6.07) is 11.2. The summed E-state index contributed by atoms with van der Waals surface area (Å²) in [5.41, 5.74) is 0.766. The van der Waals surface area contributed by atoms with E-state index in [0.29, 0.717) is 5.25 Å². The van der Waals surface area contributed by atoms with E-state index in [2.05, 4.69) is 15.3 Å². The number of carbonyl (C=O) groups is 1. The molecule has 1 fully saturated rings. The first-order valence-corrected chi connectivity index (χ1v) is 10.3. The van der Waals surface area contributed by atoms with Gasteiger partial charge in [0, 0.05) is 30.7 Å². The van der Waals surface area contributed by atoms with Crippen LogP contribution in [0.15, 0.2) is 58.7 Å². The van der Waals surface area contributed by atoms with Gasteiger partial charge >= 0.3 is 0 Å². The molecule has 1 N–H and O–H groups in total. The molecule has 3 aromatic rings. The van der Waals surface area contributed by atoms with E-state index in [1.165, 1.54) is 4.57 Å². The van der Waals surface area contributed by atoms with Gasteiger partial charge in [0.25, 0.3) is 11.5 Å². The highest BCUT2D eigenvalue weighted by atomic mass is 32.2. The topological polar surface area (TPSA) is 76.9 Å². The molecule has 4 rings (SSSR count). The van der Waals surface area contributed by atoms with E-state index in [4.69, 9.17) is 0 Å². The van der Waals surface area contributed by atoms with Crippen LogP contribution in [-0.2, 0) is 7.05 Å². The molecule has 0 bridgehead atoms. The maximum absolute atomic E-state index is 12.8. The minimum absolute atomic E-state index is 0.0946. The SMILES string of the molecule is Cn1c(=O)c(C(=O)NC2CCC(Sc3ncccn3)CC2)cc2ccccc21. The zero-order chi connectivity index (χ0) is 19.5. The molecular weight excluding hydrogens is 372 g/mol. The van der Waals surface area contributed by atoms with Crippen LogP contribution in [0, 0.1) is 0 Å². The van der Waals surface area contributed by atoms with Crippen LogP contribution in [0.2, 0.25) is 0 Å². The van der Waals surface area contributed by atoms with Crippen LogP contribution < -0.4 is 10.9 Å². The van der Waals surface area contributed by atoms with Gasteiger partial charge in [-0.05, 0) is 49.3 Å². The summed E-state index contributed by atoms with van der Waals surface area (Å²) in [4.78, 5) is 33.9. The predicted octanol–water partition coefficient (Wildman–Crippen LogP) is 3.16. The number of amides is 1. The lowest BCUT2D eigenvalue weighted by atomic mass is 9.94. The number of aryl methyl sites for hydroxylation is 1. The highest BCUT2D eigenvalue weighted by molar-refractivity contribution is 7.99. The summed E-state index contributed by atoms with van der Waals surface area (Å²) in [7, 11) is 1.70. The lowest BCUT2D eigenvalue weighted by molar-refractivity contribution is 0.0926. The van der Waals surface area contributed by atoms with Gasteiger partial charge in [-0.3, -0.25) is 9.59 Å². The molecule has 2 heterocycles. The Morgan fingerprint density at radius 2 is 1.82 bits per heavy atom. The Balaban J connectivity index is 1.40. The molecule has 1 aliphatic carbocycles. The number of benzene rings is 1. The lowest BCUT2D eigenvalue weighted by Gasteiger charge is -2.28. The minimum Gasteiger partial charge on any atom is -0.349 e. The zero-order valence-electron chi connectivity index (χ0n) is 15.7. The summed E-state index contributed by atoms with van der Waals surface area (Å²) in [5, 5.41) is 5.21. The van der Waals surface area contributed by atoms with Crippen molar-refractivity contribution in [3.8, 4) is 0 Å². The molecule has 0 atom stereocenters. The van der Waals surface area contributed by atoms with Crippen LogP contribution in [0.3, 0.4) is 0 Å². The van der Waals surface area contributed by atoms with E-state index in [0.717, 1.165) is 41.7 Å². The van der Waals surface area contributed by atoms with Crippen LogP contribution in [0.4, 0.5) is 0 Å². The highest BCUT2D eigenvalue weighted by Crippen LogP contribution is 2.31. The Hall–Kier alpha value is -2.67. The summed E-state index contributed by atoms with van der Waals surface area (Å²) in [6.45, 7) is 0. The molecule has 0 saturated heterocycles. The van der Waals surface area contributed by atoms with Crippen molar-refractivity contribution in [2.45, 2.75) is 42.1 Å². The Morgan fingerprint density at radius 1 is 1.11 bits per heavy atom. The quantitative estimate of drug-likeness (QED) is 0.688. The van der Waals surface area contributed by atoms with Gasteiger partial charge in [0.2, 0.25) is 0 Å². The molecular formula is C21H22N4O2S. The number of hydrogen-bond acceptors (Lipinski definition) is 5. The van der Waals surface area contributed by atoms with Crippen LogP contribution in [0.5, 0.6) is 0 Å². The number of aromatic nitrogens is 3. The van der Waals surface area contributed by atoms with Crippen molar-refractivity contribution in [1.82, 2.24) is 19.9 Å². The predicted molar refractivity (Wildman–Crippen MR) is 111 cm³/mol. The van der Waals surface area contributed by atoms with Crippen LogP contribution >= 0.6 is 11.8 Å². The molecule has 1 aliphatic rings. The highest BCUT2D eigenvalue weighted by Gasteiger charge is 2.25. The third-order valence-electron chi connectivity index (χ3n) is 5.20. The second kappa shape index (κ2) is 8.14. The number of thioether (sulfide) groups is 1. The number of hydrogen-bond donors (Lipinski definition) is 1. The molecule has 7 heteroatoms. The fourth-order valence-electron chi connectivity index (χ4n) is 3.67. The first kappa shape index (κ1) is 18.7. The van der Waals surface area contributed by atoms with Crippen LogP contribution in [0.1, 0.15) is 36.0 Å². The number of pyridine rings is 1. The van der Waals surface area contributed by atoms with Gasteiger partial charge in [0.05, 0.1) is 5.52 Å². The Labute approximate surface area is 167 Å². The number of para-hydroxylation sites is 1. The Bertz CT molecular complexity index is 1040. The third kappa shape index (κ3) is 3.94. The maximum Gasteiger partial charge on any atom is 0.263 e. The molecule has 0 aliphatic heterocycles. The standard InChI is InChI=1S/C21H22N4O2S/c1-25-18-6-3-2-5-14(18)13-17(20(25)27)19(26)24-15-7-9-16(10-8-15)28-21-22-11-4-12-23-21/h2-6,11-13,15-16H,7-10H2,1H3,(H,24,26). The second-order valence-corrected chi connectivity index (χ2v) is 8.34. The third-order valence-corrected chi connectivity index (χ3v) is 6.43. The van der Waals surface area contributed by atoms with Crippen LogP contribution in [0.25, 0.3) is 10.9 Å². The molecule has 0 radical (unpaired) electrons. The van der Waals surface area contributed by atoms with Crippen molar-refractivity contribution in [2.75, 3.05) is 0 Å². The summed E-state index contributed by atoms with van der Waals surface area (Å²) >= 11 is 1.70. The van der Waals surface area contributed by atoms with Gasteiger partial charge in [0.1, 0.15) is 5.56 Å². The molecule has 28 heavy (non-hydrogen) atoms. The summed E-state index contributed by atoms with van der Waals surface area (Å²) in [6.07, 6.45) is 7.28. The zero-order valence-corrected chi connectivity index (χ0v) is 16.5. The van der Waals surface area contributed by atoms with E-state index in [-0.39, 0.29) is 23.1 Å². The summed E-state index contributed by atoms with van der Waals surface area (Å²) in [5.74, 6) is -0.283. The molecule has 1 aromatic carbocycles. The lowest BCUT2D eigenvalue weighted by Crippen LogP contribution is -2.40.